The van der Waals surface area contributed by atoms with Gasteiger partial charge in [-0.1, -0.05) is 0 Å². The summed E-state index contributed by atoms with van der Waals surface area (Å²) in [6.07, 6.45) is 1.48. The Morgan fingerprint density at radius 1 is 1.14 bits per heavy atom. The molecule has 0 bridgehead atoms. The van der Waals surface area contributed by atoms with E-state index in [0.717, 1.165) is 45.6 Å². The van der Waals surface area contributed by atoms with Gasteiger partial charge in [0, 0.05) is 52.7 Å². The molecular weight excluding hydrogens is 270 g/mol. The second-order valence-corrected chi connectivity index (χ2v) is 6.28. The van der Waals surface area contributed by atoms with E-state index in [0.29, 0.717) is 13.1 Å². The molecule has 2 heterocycles. The number of hydrogen-bond donors (Lipinski definition) is 1. The first kappa shape index (κ1) is 16.2. The van der Waals surface area contributed by atoms with Gasteiger partial charge >= 0.3 is 0 Å². The monoisotopic (exact) mass is 297 g/mol. The fourth-order valence-corrected chi connectivity index (χ4v) is 3.25. The van der Waals surface area contributed by atoms with Gasteiger partial charge in [-0.05, 0) is 19.8 Å². The van der Waals surface area contributed by atoms with E-state index in [1.54, 1.807) is 18.7 Å². The van der Waals surface area contributed by atoms with Crippen molar-refractivity contribution in [2.24, 2.45) is 5.92 Å². The van der Waals surface area contributed by atoms with E-state index in [-0.39, 0.29) is 23.8 Å². The van der Waals surface area contributed by atoms with E-state index in [1.807, 2.05) is 4.90 Å². The van der Waals surface area contributed by atoms with Crippen LogP contribution in [0.1, 0.15) is 26.7 Å². The Balaban J connectivity index is 1.82. The van der Waals surface area contributed by atoms with Crippen LogP contribution in [0.4, 0.5) is 0 Å². The van der Waals surface area contributed by atoms with E-state index in [9.17, 15) is 14.7 Å². The van der Waals surface area contributed by atoms with E-state index < -0.39 is 0 Å². The highest BCUT2D eigenvalue weighted by Gasteiger charge is 2.31. The van der Waals surface area contributed by atoms with Crippen LogP contribution in [0.3, 0.4) is 0 Å². The summed E-state index contributed by atoms with van der Waals surface area (Å²) in [6, 6.07) is 0. The quantitative estimate of drug-likeness (QED) is 0.781. The average Bonchev–Trinajstić information content (AvgIpc) is 2.47. The molecule has 6 heteroatoms. The molecule has 120 valence electrons. The zero-order valence-electron chi connectivity index (χ0n) is 13.1. The van der Waals surface area contributed by atoms with Crippen LogP contribution in [-0.4, -0.2) is 83.5 Å². The van der Waals surface area contributed by atoms with Gasteiger partial charge in [0.1, 0.15) is 0 Å². The smallest absolute Gasteiger partial charge is 0.227 e. The molecule has 0 aromatic heterocycles. The lowest BCUT2D eigenvalue weighted by atomic mass is 9.96. The Morgan fingerprint density at radius 3 is 2.38 bits per heavy atom. The molecule has 1 N–H and O–H groups in total. The minimum absolute atomic E-state index is 0.0361. The predicted octanol–water partition coefficient (Wildman–Crippen LogP) is -0.230. The largest absolute Gasteiger partial charge is 0.392 e. The number of hydrogen-bond acceptors (Lipinski definition) is 4. The summed E-state index contributed by atoms with van der Waals surface area (Å²) in [5.74, 6) is 0.220. The number of likely N-dealkylation sites (tertiary alicyclic amines) is 1. The van der Waals surface area contributed by atoms with Crippen molar-refractivity contribution < 1.29 is 14.7 Å². The fraction of sp³-hybridized carbons (Fsp3) is 0.867. The Labute approximate surface area is 126 Å². The zero-order valence-corrected chi connectivity index (χ0v) is 13.1. The second kappa shape index (κ2) is 7.22. The summed E-state index contributed by atoms with van der Waals surface area (Å²) in [7, 11) is 0. The Bertz CT molecular complexity index is 378. The molecule has 0 spiro atoms. The number of piperazine rings is 1. The molecule has 2 rings (SSSR count). The van der Waals surface area contributed by atoms with Gasteiger partial charge in [-0.2, -0.15) is 0 Å². The molecule has 0 aromatic rings. The first-order valence-corrected chi connectivity index (χ1v) is 7.92. The topological polar surface area (TPSA) is 64.1 Å². The first-order valence-electron chi connectivity index (χ1n) is 7.92. The number of piperidine rings is 1. The van der Waals surface area contributed by atoms with Gasteiger partial charge in [-0.25, -0.2) is 0 Å². The molecule has 0 radical (unpaired) electrons. The van der Waals surface area contributed by atoms with Gasteiger partial charge < -0.3 is 14.9 Å². The lowest BCUT2D eigenvalue weighted by molar-refractivity contribution is -0.141. The number of aliphatic hydroxyl groups excluding tert-OH is 1. The molecule has 0 saturated carbocycles. The summed E-state index contributed by atoms with van der Waals surface area (Å²) >= 11 is 0. The highest BCUT2D eigenvalue weighted by Crippen LogP contribution is 2.20. The van der Waals surface area contributed by atoms with Crippen LogP contribution in [0.15, 0.2) is 0 Å². The lowest BCUT2D eigenvalue weighted by Gasteiger charge is -2.39. The summed E-state index contributed by atoms with van der Waals surface area (Å²) < 4.78 is 0. The maximum Gasteiger partial charge on any atom is 0.227 e. The third kappa shape index (κ3) is 4.41. The molecule has 0 aliphatic carbocycles. The van der Waals surface area contributed by atoms with Crippen molar-refractivity contribution in [1.29, 1.82) is 0 Å². The van der Waals surface area contributed by atoms with Gasteiger partial charge in [0.05, 0.1) is 12.0 Å². The number of carbonyl (C=O) groups is 2. The molecule has 0 unspecified atom stereocenters. The van der Waals surface area contributed by atoms with Gasteiger partial charge in [0.2, 0.25) is 11.8 Å². The molecule has 6 nitrogen and oxygen atoms in total. The van der Waals surface area contributed by atoms with Crippen molar-refractivity contribution in [3.63, 3.8) is 0 Å². The standard InChI is InChI=1S/C15H27N3O3/c1-12(19)10-16-6-8-17(9-7-16)15(21)14-4-3-5-18(11-14)13(2)20/h12,14,19H,3-11H2,1-2H3/t12-,14-/m0/s1. The lowest BCUT2D eigenvalue weighted by Crippen LogP contribution is -2.53. The van der Waals surface area contributed by atoms with Crippen LogP contribution < -0.4 is 0 Å². The van der Waals surface area contributed by atoms with E-state index in [1.165, 1.54) is 0 Å². The minimum atomic E-state index is -0.324. The molecule has 0 aromatic carbocycles. The van der Waals surface area contributed by atoms with Gasteiger partial charge in [0.25, 0.3) is 0 Å². The molecular formula is C15H27N3O3. The van der Waals surface area contributed by atoms with Crippen LogP contribution in [0, 0.1) is 5.92 Å². The van der Waals surface area contributed by atoms with Crippen LogP contribution >= 0.6 is 0 Å². The maximum absolute atomic E-state index is 12.6. The maximum atomic E-state index is 12.6. The van der Waals surface area contributed by atoms with Crippen molar-refractivity contribution in [2.75, 3.05) is 45.8 Å². The molecule has 2 aliphatic rings. The van der Waals surface area contributed by atoms with Gasteiger partial charge in [-0.15, -0.1) is 0 Å². The van der Waals surface area contributed by atoms with Crippen LogP contribution in [0.5, 0.6) is 0 Å². The Kier molecular flexibility index (Phi) is 5.58. The Hall–Kier alpha value is -1.14. The van der Waals surface area contributed by atoms with Gasteiger partial charge in [0.15, 0.2) is 0 Å². The first-order chi connectivity index (χ1) is 9.97. The number of amides is 2. The summed E-state index contributed by atoms with van der Waals surface area (Å²) in [5.41, 5.74) is 0. The number of aliphatic hydroxyl groups is 1. The van der Waals surface area contributed by atoms with E-state index in [4.69, 9.17) is 0 Å². The van der Waals surface area contributed by atoms with Gasteiger partial charge in [-0.3, -0.25) is 14.5 Å². The number of rotatable bonds is 3. The second-order valence-electron chi connectivity index (χ2n) is 6.28. The summed E-state index contributed by atoms with van der Waals surface area (Å²) in [5, 5.41) is 9.41. The predicted molar refractivity (Wildman–Crippen MR) is 79.7 cm³/mol. The van der Waals surface area contributed by atoms with Crippen LogP contribution in [-0.2, 0) is 9.59 Å². The highest BCUT2D eigenvalue weighted by molar-refractivity contribution is 5.81. The van der Waals surface area contributed by atoms with Crippen LogP contribution in [0.25, 0.3) is 0 Å². The van der Waals surface area contributed by atoms with Crippen LogP contribution in [0.2, 0.25) is 0 Å². The van der Waals surface area contributed by atoms with Crippen molar-refractivity contribution in [1.82, 2.24) is 14.7 Å². The SMILES string of the molecule is CC(=O)N1CCC[C@H](C(=O)N2CCN(C[C@H](C)O)CC2)C1. The van der Waals surface area contributed by atoms with Crippen molar-refractivity contribution in [3.05, 3.63) is 0 Å². The third-order valence-electron chi connectivity index (χ3n) is 4.42. The van der Waals surface area contributed by atoms with E-state index >= 15 is 0 Å². The number of carbonyl (C=O) groups excluding carboxylic acids is 2. The molecule has 2 saturated heterocycles. The molecule has 2 atom stereocenters. The minimum Gasteiger partial charge on any atom is -0.392 e. The molecule has 2 amide bonds. The molecule has 2 aliphatic heterocycles. The van der Waals surface area contributed by atoms with E-state index in [2.05, 4.69) is 4.90 Å². The van der Waals surface area contributed by atoms with Crippen molar-refractivity contribution >= 4 is 11.8 Å². The third-order valence-corrected chi connectivity index (χ3v) is 4.42. The molecule has 2 fully saturated rings. The normalized spacial score (nSPS) is 25.8. The summed E-state index contributed by atoms with van der Waals surface area (Å²) in [4.78, 5) is 29.9. The number of β-amino-alcohol motifs (C(OH)–C–C–N with tert-alkyl or cyclic N) is 1. The fourth-order valence-electron chi connectivity index (χ4n) is 3.25. The van der Waals surface area contributed by atoms with Crippen molar-refractivity contribution in [2.45, 2.75) is 32.8 Å². The highest BCUT2D eigenvalue weighted by atomic mass is 16.3. The average molecular weight is 297 g/mol. The van der Waals surface area contributed by atoms with Crippen molar-refractivity contribution in [3.8, 4) is 0 Å². The summed E-state index contributed by atoms with van der Waals surface area (Å²) in [6.45, 7) is 8.47. The Morgan fingerprint density at radius 2 is 1.81 bits per heavy atom. The molecule has 21 heavy (non-hydrogen) atoms. The zero-order chi connectivity index (χ0) is 15.4. The number of nitrogens with zero attached hydrogens (tertiary/aromatic N) is 3.